The molecule has 4 nitrogen and oxygen atoms in total. The number of nitrogens with two attached hydrogens (primary N) is 1. The second-order valence-electron chi connectivity index (χ2n) is 3.71. The van der Waals surface area contributed by atoms with Crippen LogP contribution < -0.4 is 11.1 Å². The lowest BCUT2D eigenvalue weighted by atomic mass is 10.2. The molecule has 2 rings (SSSR count). The SMILES string of the molecule is C=CC(C)NC(=O)c1sc2cnccc2c1N. The quantitative estimate of drug-likeness (QED) is 0.817. The summed E-state index contributed by atoms with van der Waals surface area (Å²) in [5.41, 5.74) is 6.47. The summed E-state index contributed by atoms with van der Waals surface area (Å²) in [6, 6.07) is 1.74. The Morgan fingerprint density at radius 2 is 2.47 bits per heavy atom. The Morgan fingerprint density at radius 1 is 1.71 bits per heavy atom. The van der Waals surface area contributed by atoms with Crippen molar-refractivity contribution in [2.24, 2.45) is 0 Å². The largest absolute Gasteiger partial charge is 0.397 e. The van der Waals surface area contributed by atoms with Gasteiger partial charge in [0.1, 0.15) is 4.88 Å². The topological polar surface area (TPSA) is 68.0 Å². The van der Waals surface area contributed by atoms with Crippen LogP contribution in [0.25, 0.3) is 10.1 Å². The van der Waals surface area contributed by atoms with E-state index in [4.69, 9.17) is 5.73 Å². The number of aromatic nitrogens is 1. The predicted octanol–water partition coefficient (Wildman–Crippen LogP) is 2.18. The third-order valence-corrected chi connectivity index (χ3v) is 3.60. The fourth-order valence-corrected chi connectivity index (χ4v) is 2.46. The van der Waals surface area contributed by atoms with Gasteiger partial charge in [0.15, 0.2) is 0 Å². The van der Waals surface area contributed by atoms with Gasteiger partial charge < -0.3 is 11.1 Å². The van der Waals surface area contributed by atoms with E-state index in [1.165, 1.54) is 11.3 Å². The highest BCUT2D eigenvalue weighted by molar-refractivity contribution is 7.21. The molecule has 0 radical (unpaired) electrons. The molecule has 0 aliphatic carbocycles. The summed E-state index contributed by atoms with van der Waals surface area (Å²) >= 11 is 1.35. The van der Waals surface area contributed by atoms with Crippen LogP contribution in [0.1, 0.15) is 16.6 Å². The third-order valence-electron chi connectivity index (χ3n) is 2.45. The van der Waals surface area contributed by atoms with Crippen LogP contribution in [-0.2, 0) is 0 Å². The average Bonchev–Trinajstić information content (AvgIpc) is 2.67. The molecule has 0 saturated carbocycles. The van der Waals surface area contributed by atoms with Crippen molar-refractivity contribution in [3.63, 3.8) is 0 Å². The molecule has 17 heavy (non-hydrogen) atoms. The minimum atomic E-state index is -0.170. The first kappa shape index (κ1) is 11.6. The number of carbonyl (C=O) groups excluding carboxylic acids is 1. The van der Waals surface area contributed by atoms with Gasteiger partial charge in [-0.3, -0.25) is 9.78 Å². The molecule has 2 aromatic heterocycles. The van der Waals surface area contributed by atoms with Crippen molar-refractivity contribution in [3.8, 4) is 0 Å². The van der Waals surface area contributed by atoms with E-state index >= 15 is 0 Å². The molecule has 3 N–H and O–H groups in total. The van der Waals surface area contributed by atoms with Crippen LogP contribution in [0.5, 0.6) is 0 Å². The second kappa shape index (κ2) is 4.55. The number of pyridine rings is 1. The summed E-state index contributed by atoms with van der Waals surface area (Å²) in [7, 11) is 0. The highest BCUT2D eigenvalue weighted by Crippen LogP contribution is 2.32. The van der Waals surface area contributed by atoms with Crippen molar-refractivity contribution in [3.05, 3.63) is 36.0 Å². The lowest BCUT2D eigenvalue weighted by Crippen LogP contribution is -2.30. The van der Waals surface area contributed by atoms with Gasteiger partial charge in [0, 0.05) is 23.8 Å². The lowest BCUT2D eigenvalue weighted by molar-refractivity contribution is 0.0952. The summed E-state index contributed by atoms with van der Waals surface area (Å²) < 4.78 is 0.918. The van der Waals surface area contributed by atoms with Crippen LogP contribution in [0.3, 0.4) is 0 Å². The zero-order valence-corrected chi connectivity index (χ0v) is 10.3. The van der Waals surface area contributed by atoms with E-state index in [2.05, 4.69) is 16.9 Å². The number of fused-ring (bicyclic) bond motifs is 1. The number of anilines is 1. The maximum Gasteiger partial charge on any atom is 0.263 e. The van der Waals surface area contributed by atoms with Gasteiger partial charge in [0.05, 0.1) is 10.4 Å². The van der Waals surface area contributed by atoms with Gasteiger partial charge in [-0.15, -0.1) is 17.9 Å². The van der Waals surface area contributed by atoms with E-state index in [-0.39, 0.29) is 11.9 Å². The molecule has 2 heterocycles. The number of hydrogen-bond acceptors (Lipinski definition) is 4. The Morgan fingerprint density at radius 3 is 3.12 bits per heavy atom. The second-order valence-corrected chi connectivity index (χ2v) is 4.77. The normalized spacial score (nSPS) is 12.3. The van der Waals surface area contributed by atoms with Gasteiger partial charge >= 0.3 is 0 Å². The van der Waals surface area contributed by atoms with E-state index < -0.39 is 0 Å². The summed E-state index contributed by atoms with van der Waals surface area (Å²) in [4.78, 5) is 16.5. The van der Waals surface area contributed by atoms with Crippen LogP contribution >= 0.6 is 11.3 Å². The van der Waals surface area contributed by atoms with Crippen molar-refractivity contribution in [1.29, 1.82) is 0 Å². The third kappa shape index (κ3) is 2.14. The van der Waals surface area contributed by atoms with Crippen LogP contribution in [0.2, 0.25) is 0 Å². The van der Waals surface area contributed by atoms with Crippen LogP contribution in [0.4, 0.5) is 5.69 Å². The molecule has 88 valence electrons. The van der Waals surface area contributed by atoms with E-state index in [0.717, 1.165) is 10.1 Å². The summed E-state index contributed by atoms with van der Waals surface area (Å²) in [5, 5.41) is 3.68. The number of nitrogens with one attached hydrogen (secondary N) is 1. The first-order valence-corrected chi connectivity index (χ1v) is 6.00. The number of rotatable bonds is 3. The molecular weight excluding hydrogens is 234 g/mol. The van der Waals surface area contributed by atoms with Crippen LogP contribution in [-0.4, -0.2) is 16.9 Å². The monoisotopic (exact) mass is 247 g/mol. The van der Waals surface area contributed by atoms with Crippen molar-refractivity contribution in [2.45, 2.75) is 13.0 Å². The molecule has 5 heteroatoms. The Labute approximate surface area is 103 Å². The average molecular weight is 247 g/mol. The fraction of sp³-hybridized carbons (Fsp3) is 0.167. The maximum atomic E-state index is 12.0. The van der Waals surface area contributed by atoms with Crippen molar-refractivity contribution >= 4 is 33.0 Å². The molecule has 1 atom stereocenters. The Kier molecular flexibility index (Phi) is 3.10. The van der Waals surface area contributed by atoms with Crippen LogP contribution in [0, 0.1) is 0 Å². The van der Waals surface area contributed by atoms with Gasteiger partial charge in [0.2, 0.25) is 0 Å². The number of hydrogen-bond donors (Lipinski definition) is 2. The first-order chi connectivity index (χ1) is 8.13. The predicted molar refractivity (Wildman–Crippen MR) is 71.2 cm³/mol. The van der Waals surface area contributed by atoms with Crippen molar-refractivity contribution < 1.29 is 4.79 Å². The summed E-state index contributed by atoms with van der Waals surface area (Å²) in [6.07, 6.45) is 5.05. The standard InChI is InChI=1S/C12H13N3OS/c1-3-7(2)15-12(16)11-10(13)8-4-5-14-6-9(8)17-11/h3-7H,1,13H2,2H3,(H,15,16). The van der Waals surface area contributed by atoms with E-state index in [1.807, 2.05) is 13.0 Å². The zero-order valence-electron chi connectivity index (χ0n) is 9.43. The molecule has 0 bridgehead atoms. The fourth-order valence-electron chi connectivity index (χ4n) is 1.47. The maximum absolute atomic E-state index is 12.0. The molecule has 0 saturated heterocycles. The number of thiophene rings is 1. The Hall–Kier alpha value is -1.88. The summed E-state index contributed by atoms with van der Waals surface area (Å²) in [6.45, 7) is 5.48. The highest BCUT2D eigenvalue weighted by atomic mass is 32.1. The molecule has 1 unspecified atom stereocenters. The zero-order chi connectivity index (χ0) is 12.4. The molecule has 0 aromatic carbocycles. The van der Waals surface area contributed by atoms with Gasteiger partial charge in [-0.25, -0.2) is 0 Å². The smallest absolute Gasteiger partial charge is 0.263 e. The molecule has 0 aliphatic rings. The van der Waals surface area contributed by atoms with Crippen molar-refractivity contribution in [1.82, 2.24) is 10.3 Å². The van der Waals surface area contributed by atoms with Gasteiger partial charge in [-0.05, 0) is 13.0 Å². The molecule has 0 fully saturated rings. The molecule has 1 amide bonds. The number of carbonyl (C=O) groups is 1. The Bertz CT molecular complexity index is 576. The van der Waals surface area contributed by atoms with Crippen LogP contribution in [0.15, 0.2) is 31.1 Å². The van der Waals surface area contributed by atoms with E-state index in [9.17, 15) is 4.79 Å². The summed E-state index contributed by atoms with van der Waals surface area (Å²) in [5.74, 6) is -0.170. The van der Waals surface area contributed by atoms with Gasteiger partial charge in [-0.1, -0.05) is 6.08 Å². The number of nitrogen functional groups attached to an aromatic ring is 1. The minimum absolute atomic E-state index is 0.0785. The molecule has 0 spiro atoms. The first-order valence-electron chi connectivity index (χ1n) is 5.19. The molecule has 0 aliphatic heterocycles. The lowest BCUT2D eigenvalue weighted by Gasteiger charge is -2.07. The molecule has 2 aromatic rings. The Balaban J connectivity index is 2.39. The molecular formula is C12H13N3OS. The van der Waals surface area contributed by atoms with Gasteiger partial charge in [0.25, 0.3) is 5.91 Å². The minimum Gasteiger partial charge on any atom is -0.397 e. The van der Waals surface area contributed by atoms with Gasteiger partial charge in [-0.2, -0.15) is 0 Å². The number of amides is 1. The van der Waals surface area contributed by atoms with E-state index in [0.29, 0.717) is 10.6 Å². The van der Waals surface area contributed by atoms with E-state index in [1.54, 1.807) is 18.5 Å². The number of nitrogens with zero attached hydrogens (tertiary/aromatic N) is 1. The highest BCUT2D eigenvalue weighted by Gasteiger charge is 2.16. The van der Waals surface area contributed by atoms with Crippen molar-refractivity contribution in [2.75, 3.05) is 5.73 Å².